The number of Topliss-reactive ketones (excluding diaryl/α,β-unsaturated/α-hetero) is 1. The smallest absolute Gasteiger partial charge is 0.162 e. The summed E-state index contributed by atoms with van der Waals surface area (Å²) in [5.74, 6) is 0.204. The molecular weight excluding hydrogens is 368 g/mol. The van der Waals surface area contributed by atoms with Crippen molar-refractivity contribution in [2.45, 2.75) is 32.7 Å². The number of fused-ring (bicyclic) bond motifs is 4. The largest absolute Gasteiger partial charge is 0.373 e. The maximum absolute atomic E-state index is 13.3. The zero-order valence-corrected chi connectivity index (χ0v) is 16.7. The molecule has 1 unspecified atom stereocenters. The Labute approximate surface area is 169 Å². The molecule has 3 aromatic rings. The highest BCUT2D eigenvalue weighted by molar-refractivity contribution is 6.31. The van der Waals surface area contributed by atoms with Gasteiger partial charge >= 0.3 is 0 Å². The highest BCUT2D eigenvalue weighted by Gasteiger charge is 2.41. The summed E-state index contributed by atoms with van der Waals surface area (Å²) in [5, 5.41) is 5.37. The van der Waals surface area contributed by atoms with Gasteiger partial charge in [0.15, 0.2) is 5.78 Å². The van der Waals surface area contributed by atoms with Gasteiger partial charge in [-0.2, -0.15) is 0 Å². The van der Waals surface area contributed by atoms with E-state index in [1.807, 2.05) is 42.6 Å². The lowest BCUT2D eigenvalue weighted by atomic mass is 9.68. The normalized spacial score (nSPS) is 20.5. The summed E-state index contributed by atoms with van der Waals surface area (Å²) >= 11 is 6.53. The van der Waals surface area contributed by atoms with E-state index in [0.29, 0.717) is 11.4 Å². The van der Waals surface area contributed by atoms with E-state index in [2.05, 4.69) is 36.3 Å². The van der Waals surface area contributed by atoms with Gasteiger partial charge in [0.05, 0.1) is 11.6 Å². The molecule has 4 heteroatoms. The Hall–Kier alpha value is -2.65. The predicted octanol–water partition coefficient (Wildman–Crippen LogP) is 6.20. The molecule has 0 radical (unpaired) electrons. The molecule has 1 aromatic heterocycles. The monoisotopic (exact) mass is 388 g/mol. The van der Waals surface area contributed by atoms with Crippen molar-refractivity contribution in [3.63, 3.8) is 0 Å². The molecule has 0 amide bonds. The van der Waals surface area contributed by atoms with Gasteiger partial charge in [-0.15, -0.1) is 0 Å². The molecule has 28 heavy (non-hydrogen) atoms. The Morgan fingerprint density at radius 1 is 1.07 bits per heavy atom. The molecular formula is C24H21ClN2O. The molecule has 2 aliphatic rings. The van der Waals surface area contributed by atoms with Crippen LogP contribution in [0.2, 0.25) is 5.02 Å². The first-order valence-corrected chi connectivity index (χ1v) is 9.98. The van der Waals surface area contributed by atoms with Crippen molar-refractivity contribution >= 4 is 39.5 Å². The fraction of sp³-hybridized carbons (Fsp3) is 0.250. The SMILES string of the molecule is CC1(C)CC(=O)C2=C(C1)c1c(ccc3ncccc13)NC2c1ccccc1Cl. The minimum atomic E-state index is -0.228. The molecule has 0 saturated heterocycles. The van der Waals surface area contributed by atoms with E-state index in [9.17, 15) is 4.79 Å². The lowest BCUT2D eigenvalue weighted by molar-refractivity contribution is -0.118. The molecule has 1 N–H and O–H groups in total. The van der Waals surface area contributed by atoms with Crippen LogP contribution < -0.4 is 5.32 Å². The zero-order valence-electron chi connectivity index (χ0n) is 15.9. The first-order chi connectivity index (χ1) is 13.4. The van der Waals surface area contributed by atoms with Gasteiger partial charge in [-0.3, -0.25) is 9.78 Å². The Bertz CT molecular complexity index is 1160. The van der Waals surface area contributed by atoms with Crippen LogP contribution in [-0.4, -0.2) is 10.8 Å². The zero-order chi connectivity index (χ0) is 19.5. The summed E-state index contributed by atoms with van der Waals surface area (Å²) in [7, 11) is 0. The summed E-state index contributed by atoms with van der Waals surface area (Å²) < 4.78 is 0. The Balaban J connectivity index is 1.83. The summed E-state index contributed by atoms with van der Waals surface area (Å²) in [6, 6.07) is 15.7. The number of allylic oxidation sites excluding steroid dienone is 1. The van der Waals surface area contributed by atoms with Crippen LogP contribution in [-0.2, 0) is 4.79 Å². The van der Waals surface area contributed by atoms with Gasteiger partial charge in [0.1, 0.15) is 0 Å². The number of hydrogen-bond donors (Lipinski definition) is 1. The van der Waals surface area contributed by atoms with Crippen LogP contribution in [0.25, 0.3) is 16.5 Å². The molecule has 2 heterocycles. The highest BCUT2D eigenvalue weighted by atomic mass is 35.5. The number of hydrogen-bond acceptors (Lipinski definition) is 3. The second kappa shape index (κ2) is 6.18. The van der Waals surface area contributed by atoms with E-state index in [1.54, 1.807) is 0 Å². The molecule has 2 aromatic carbocycles. The number of ketones is 1. The van der Waals surface area contributed by atoms with Gasteiger partial charge in [-0.25, -0.2) is 0 Å². The third-order valence-electron chi connectivity index (χ3n) is 5.81. The molecule has 1 aliphatic carbocycles. The second-order valence-corrected chi connectivity index (χ2v) is 8.90. The maximum Gasteiger partial charge on any atom is 0.162 e. The topological polar surface area (TPSA) is 42.0 Å². The first-order valence-electron chi connectivity index (χ1n) is 9.60. The van der Waals surface area contributed by atoms with Crippen molar-refractivity contribution in [1.29, 1.82) is 0 Å². The van der Waals surface area contributed by atoms with Crippen LogP contribution in [0.1, 0.15) is 43.9 Å². The molecule has 140 valence electrons. The van der Waals surface area contributed by atoms with Crippen molar-refractivity contribution < 1.29 is 4.79 Å². The summed E-state index contributed by atoms with van der Waals surface area (Å²) in [5.41, 5.74) is 5.97. The van der Waals surface area contributed by atoms with Crippen molar-refractivity contribution in [3.8, 4) is 0 Å². The second-order valence-electron chi connectivity index (χ2n) is 8.49. The number of pyridine rings is 1. The third-order valence-corrected chi connectivity index (χ3v) is 6.16. The minimum Gasteiger partial charge on any atom is -0.373 e. The molecule has 1 atom stereocenters. The standard InChI is InChI=1S/C24H21ClN2O/c1-24(2)12-16-21-15-7-5-11-26-18(15)9-10-19(21)27-23(22(16)20(28)13-24)14-6-3-4-8-17(14)25/h3-11,23,27H,12-13H2,1-2H3. The lowest BCUT2D eigenvalue weighted by Gasteiger charge is -2.40. The fourth-order valence-electron chi connectivity index (χ4n) is 4.66. The third kappa shape index (κ3) is 2.65. The number of benzene rings is 2. The van der Waals surface area contributed by atoms with Crippen molar-refractivity contribution in [2.24, 2.45) is 5.41 Å². The summed E-state index contributed by atoms with van der Waals surface area (Å²) in [4.78, 5) is 17.8. The van der Waals surface area contributed by atoms with Crippen molar-refractivity contribution in [3.05, 3.63) is 76.5 Å². The number of carbonyl (C=O) groups excluding carboxylic acids is 1. The van der Waals surface area contributed by atoms with Gasteiger partial charge in [-0.1, -0.05) is 49.7 Å². The molecule has 0 saturated carbocycles. The fourth-order valence-corrected chi connectivity index (χ4v) is 4.91. The number of aromatic nitrogens is 1. The van der Waals surface area contributed by atoms with E-state index in [4.69, 9.17) is 11.6 Å². The van der Waals surface area contributed by atoms with Gasteiger partial charge in [0.25, 0.3) is 0 Å². The van der Waals surface area contributed by atoms with E-state index in [0.717, 1.165) is 45.3 Å². The van der Waals surface area contributed by atoms with Crippen LogP contribution in [0, 0.1) is 5.41 Å². The Morgan fingerprint density at radius 2 is 1.89 bits per heavy atom. The molecule has 1 aliphatic heterocycles. The molecule has 3 nitrogen and oxygen atoms in total. The number of nitrogens with zero attached hydrogens (tertiary/aromatic N) is 1. The summed E-state index contributed by atoms with van der Waals surface area (Å²) in [6.07, 6.45) is 3.22. The first kappa shape index (κ1) is 17.4. The van der Waals surface area contributed by atoms with Gasteiger partial charge < -0.3 is 5.32 Å². The molecule has 0 bridgehead atoms. The average molecular weight is 389 g/mol. The van der Waals surface area contributed by atoms with Gasteiger partial charge in [0, 0.05) is 39.9 Å². The van der Waals surface area contributed by atoms with E-state index in [1.165, 1.54) is 0 Å². The van der Waals surface area contributed by atoms with Crippen LogP contribution in [0.4, 0.5) is 5.69 Å². The Morgan fingerprint density at radius 3 is 2.71 bits per heavy atom. The van der Waals surface area contributed by atoms with Crippen LogP contribution in [0.3, 0.4) is 0 Å². The van der Waals surface area contributed by atoms with Crippen molar-refractivity contribution in [2.75, 3.05) is 5.32 Å². The molecule has 0 fully saturated rings. The summed E-state index contributed by atoms with van der Waals surface area (Å²) in [6.45, 7) is 4.34. The number of rotatable bonds is 1. The Kier molecular flexibility index (Phi) is 3.85. The van der Waals surface area contributed by atoms with Crippen molar-refractivity contribution in [1.82, 2.24) is 4.98 Å². The lowest BCUT2D eigenvalue weighted by Crippen LogP contribution is -2.33. The quantitative estimate of drug-likeness (QED) is 0.539. The van der Waals surface area contributed by atoms with Gasteiger partial charge in [0.2, 0.25) is 0 Å². The maximum atomic E-state index is 13.3. The number of anilines is 1. The van der Waals surface area contributed by atoms with E-state index < -0.39 is 0 Å². The van der Waals surface area contributed by atoms with Crippen LogP contribution in [0.5, 0.6) is 0 Å². The predicted molar refractivity (Wildman–Crippen MR) is 115 cm³/mol. The molecule has 5 rings (SSSR count). The van der Waals surface area contributed by atoms with E-state index in [-0.39, 0.29) is 17.2 Å². The van der Waals surface area contributed by atoms with Gasteiger partial charge in [-0.05, 0) is 47.2 Å². The number of halogens is 1. The average Bonchev–Trinajstić information content (AvgIpc) is 2.66. The number of nitrogens with one attached hydrogen (secondary N) is 1. The van der Waals surface area contributed by atoms with Crippen LogP contribution >= 0.6 is 11.6 Å². The molecule has 0 spiro atoms. The minimum absolute atomic E-state index is 0.0695. The van der Waals surface area contributed by atoms with E-state index >= 15 is 0 Å². The van der Waals surface area contributed by atoms with Crippen LogP contribution in [0.15, 0.2) is 60.3 Å². The number of carbonyl (C=O) groups is 1. The highest BCUT2D eigenvalue weighted by Crippen LogP contribution is 2.52.